The Kier molecular flexibility index (Phi) is 1.48. The molecule has 2 rings (SSSR count). The van der Waals surface area contributed by atoms with Gasteiger partial charge >= 0.3 is 0 Å². The fraction of sp³-hybridized carbons (Fsp3) is 0.111. The van der Waals surface area contributed by atoms with Crippen molar-refractivity contribution in [3.8, 4) is 0 Å². The summed E-state index contributed by atoms with van der Waals surface area (Å²) in [7, 11) is 0. The number of aryl methyl sites for hydroxylation is 1. The maximum absolute atomic E-state index is 5.80. The van der Waals surface area contributed by atoms with Gasteiger partial charge in [0.15, 0.2) is 0 Å². The molecule has 0 bridgehead atoms. The minimum Gasteiger partial charge on any atom is -0.398 e. The molecule has 1 aromatic heterocycles. The van der Waals surface area contributed by atoms with Gasteiger partial charge in [0.1, 0.15) is 0 Å². The Hall–Kier alpha value is -1.22. The van der Waals surface area contributed by atoms with Crippen LogP contribution in [0.25, 0.3) is 10.1 Å². The van der Waals surface area contributed by atoms with Crippen LogP contribution < -0.4 is 11.5 Å². The van der Waals surface area contributed by atoms with Gasteiger partial charge in [-0.1, -0.05) is 0 Å². The number of nitrogens with two attached hydrogens (primary N) is 2. The van der Waals surface area contributed by atoms with Crippen molar-refractivity contribution in [2.75, 3.05) is 11.5 Å². The third kappa shape index (κ3) is 0.865. The molecule has 12 heavy (non-hydrogen) atoms. The van der Waals surface area contributed by atoms with E-state index in [1.54, 1.807) is 11.3 Å². The first-order valence-electron chi connectivity index (χ1n) is 3.72. The van der Waals surface area contributed by atoms with E-state index in [1.807, 2.05) is 24.4 Å². The first-order chi connectivity index (χ1) is 5.70. The van der Waals surface area contributed by atoms with Gasteiger partial charge in [-0.3, -0.25) is 0 Å². The number of hydrogen-bond donors (Lipinski definition) is 2. The molecule has 0 saturated heterocycles. The molecule has 0 saturated carbocycles. The molecule has 0 unspecified atom stereocenters. The van der Waals surface area contributed by atoms with Crippen LogP contribution in [0.5, 0.6) is 0 Å². The summed E-state index contributed by atoms with van der Waals surface area (Å²) in [5.74, 6) is 0. The molecule has 0 aliphatic heterocycles. The van der Waals surface area contributed by atoms with Crippen molar-refractivity contribution in [2.24, 2.45) is 0 Å². The second-order valence-corrected chi connectivity index (χ2v) is 3.76. The van der Waals surface area contributed by atoms with Crippen molar-refractivity contribution in [2.45, 2.75) is 6.92 Å². The number of rotatable bonds is 0. The van der Waals surface area contributed by atoms with Crippen LogP contribution in [-0.4, -0.2) is 0 Å². The molecular formula is C9H10N2S. The molecule has 0 atom stereocenters. The van der Waals surface area contributed by atoms with E-state index in [1.165, 1.54) is 4.70 Å². The largest absolute Gasteiger partial charge is 0.398 e. The van der Waals surface area contributed by atoms with Crippen molar-refractivity contribution < 1.29 is 0 Å². The lowest BCUT2D eigenvalue weighted by Gasteiger charge is -2.03. The Morgan fingerprint density at radius 3 is 2.75 bits per heavy atom. The van der Waals surface area contributed by atoms with Crippen LogP contribution >= 0.6 is 11.3 Å². The highest BCUT2D eigenvalue weighted by Crippen LogP contribution is 2.32. The van der Waals surface area contributed by atoms with Crippen molar-refractivity contribution >= 4 is 32.8 Å². The van der Waals surface area contributed by atoms with Crippen molar-refractivity contribution in [3.63, 3.8) is 0 Å². The zero-order chi connectivity index (χ0) is 8.72. The molecule has 0 amide bonds. The summed E-state index contributed by atoms with van der Waals surface area (Å²) >= 11 is 1.68. The van der Waals surface area contributed by atoms with E-state index in [0.29, 0.717) is 0 Å². The summed E-state index contributed by atoms with van der Waals surface area (Å²) in [6.07, 6.45) is 0. The van der Waals surface area contributed by atoms with Crippen molar-refractivity contribution in [1.29, 1.82) is 0 Å². The SMILES string of the molecule is Cc1c(N)cc(N)c2ccsc12. The predicted octanol–water partition coefficient (Wildman–Crippen LogP) is 2.37. The lowest BCUT2D eigenvalue weighted by Crippen LogP contribution is -1.93. The number of fused-ring (bicyclic) bond motifs is 1. The summed E-state index contributed by atoms with van der Waals surface area (Å²) in [4.78, 5) is 0. The highest BCUT2D eigenvalue weighted by Gasteiger charge is 2.05. The van der Waals surface area contributed by atoms with Crippen molar-refractivity contribution in [1.82, 2.24) is 0 Å². The van der Waals surface area contributed by atoms with Gasteiger partial charge in [-0.2, -0.15) is 0 Å². The Morgan fingerprint density at radius 2 is 2.00 bits per heavy atom. The van der Waals surface area contributed by atoms with E-state index in [0.717, 1.165) is 22.3 Å². The summed E-state index contributed by atoms with van der Waals surface area (Å²) in [5.41, 5.74) is 14.3. The molecule has 3 heteroatoms. The van der Waals surface area contributed by atoms with E-state index < -0.39 is 0 Å². The molecule has 1 heterocycles. The lowest BCUT2D eigenvalue weighted by molar-refractivity contribution is 1.55. The lowest BCUT2D eigenvalue weighted by atomic mass is 10.1. The molecule has 0 aliphatic carbocycles. The van der Waals surface area contributed by atoms with Crippen LogP contribution in [0.3, 0.4) is 0 Å². The third-order valence-corrected chi connectivity index (χ3v) is 3.09. The highest BCUT2D eigenvalue weighted by molar-refractivity contribution is 7.17. The molecule has 0 fully saturated rings. The Bertz CT molecular complexity index is 431. The molecule has 0 radical (unpaired) electrons. The molecule has 2 aromatic rings. The van der Waals surface area contributed by atoms with Gasteiger partial charge in [-0.25, -0.2) is 0 Å². The summed E-state index contributed by atoms with van der Waals surface area (Å²) in [6, 6.07) is 3.85. The van der Waals surface area contributed by atoms with Crippen LogP contribution in [0.2, 0.25) is 0 Å². The van der Waals surface area contributed by atoms with E-state index in [-0.39, 0.29) is 0 Å². The van der Waals surface area contributed by atoms with Crippen LogP contribution in [0, 0.1) is 6.92 Å². The molecule has 4 N–H and O–H groups in total. The minimum absolute atomic E-state index is 0.773. The zero-order valence-corrected chi connectivity index (χ0v) is 7.61. The summed E-state index contributed by atoms with van der Waals surface area (Å²) in [6.45, 7) is 2.02. The quantitative estimate of drug-likeness (QED) is 0.608. The van der Waals surface area contributed by atoms with Crippen LogP contribution in [-0.2, 0) is 0 Å². The van der Waals surface area contributed by atoms with Crippen LogP contribution in [0.1, 0.15) is 5.56 Å². The van der Waals surface area contributed by atoms with Crippen LogP contribution in [0.15, 0.2) is 17.5 Å². The number of benzene rings is 1. The number of nitrogen functional groups attached to an aromatic ring is 2. The fourth-order valence-electron chi connectivity index (χ4n) is 1.31. The number of hydrogen-bond acceptors (Lipinski definition) is 3. The van der Waals surface area contributed by atoms with E-state index >= 15 is 0 Å². The number of anilines is 2. The summed E-state index contributed by atoms with van der Waals surface area (Å²) in [5, 5.41) is 3.15. The predicted molar refractivity (Wildman–Crippen MR) is 55.4 cm³/mol. The fourth-order valence-corrected chi connectivity index (χ4v) is 2.26. The molecule has 1 aromatic carbocycles. The Morgan fingerprint density at radius 1 is 1.25 bits per heavy atom. The first kappa shape index (κ1) is 7.43. The molecule has 0 aliphatic rings. The van der Waals surface area contributed by atoms with Gasteiger partial charge in [0.05, 0.1) is 0 Å². The smallest absolute Gasteiger partial charge is 0.0423 e. The van der Waals surface area contributed by atoms with E-state index in [2.05, 4.69) is 0 Å². The van der Waals surface area contributed by atoms with Gasteiger partial charge < -0.3 is 11.5 Å². The zero-order valence-electron chi connectivity index (χ0n) is 6.79. The maximum Gasteiger partial charge on any atom is 0.0423 e. The highest BCUT2D eigenvalue weighted by atomic mass is 32.1. The normalized spacial score (nSPS) is 10.8. The Labute approximate surface area is 74.8 Å². The molecular weight excluding hydrogens is 168 g/mol. The maximum atomic E-state index is 5.80. The topological polar surface area (TPSA) is 52.0 Å². The van der Waals surface area contributed by atoms with E-state index in [4.69, 9.17) is 11.5 Å². The molecule has 2 nitrogen and oxygen atoms in total. The second kappa shape index (κ2) is 2.38. The third-order valence-electron chi connectivity index (χ3n) is 2.06. The van der Waals surface area contributed by atoms with Gasteiger partial charge in [0.25, 0.3) is 0 Å². The van der Waals surface area contributed by atoms with Gasteiger partial charge in [-0.05, 0) is 30.0 Å². The van der Waals surface area contributed by atoms with E-state index in [9.17, 15) is 0 Å². The Balaban J connectivity index is 2.97. The standard InChI is InChI=1S/C9H10N2S/c1-5-7(10)4-8(11)6-2-3-12-9(5)6/h2-4H,10-11H2,1H3. The minimum atomic E-state index is 0.773. The second-order valence-electron chi connectivity index (χ2n) is 2.84. The molecule has 62 valence electrons. The number of thiophene rings is 1. The summed E-state index contributed by atoms with van der Waals surface area (Å²) < 4.78 is 1.20. The average molecular weight is 178 g/mol. The van der Waals surface area contributed by atoms with Crippen LogP contribution in [0.4, 0.5) is 11.4 Å². The average Bonchev–Trinajstić information content (AvgIpc) is 2.48. The van der Waals surface area contributed by atoms with Crippen molar-refractivity contribution in [3.05, 3.63) is 23.1 Å². The first-order valence-corrected chi connectivity index (χ1v) is 4.60. The van der Waals surface area contributed by atoms with Gasteiger partial charge in [0.2, 0.25) is 0 Å². The van der Waals surface area contributed by atoms with Gasteiger partial charge in [-0.15, -0.1) is 11.3 Å². The molecule has 0 spiro atoms. The van der Waals surface area contributed by atoms with Gasteiger partial charge in [0, 0.05) is 21.5 Å². The monoisotopic (exact) mass is 178 g/mol.